The minimum atomic E-state index is -0.144. The summed E-state index contributed by atoms with van der Waals surface area (Å²) >= 11 is 0. The zero-order valence-corrected chi connectivity index (χ0v) is 13.7. The molecule has 3 rings (SSSR count). The molecule has 122 valence electrons. The second kappa shape index (κ2) is 7.51. The summed E-state index contributed by atoms with van der Waals surface area (Å²) in [7, 11) is 0. The van der Waals surface area contributed by atoms with Crippen LogP contribution in [0.25, 0.3) is 11.0 Å². The molecule has 1 aromatic heterocycles. The first-order valence-corrected chi connectivity index (χ1v) is 8.48. The SMILES string of the molecule is CC1CCCCN1CCCNC(=O)c1cnc2ccccc2n1. The Hall–Kier alpha value is -2.01. The third-order valence-corrected chi connectivity index (χ3v) is 4.53. The Kier molecular flexibility index (Phi) is 5.18. The van der Waals surface area contributed by atoms with Crippen LogP contribution in [0.15, 0.2) is 30.5 Å². The number of aromatic nitrogens is 2. The third kappa shape index (κ3) is 4.05. The highest BCUT2D eigenvalue weighted by atomic mass is 16.1. The van der Waals surface area contributed by atoms with Crippen LogP contribution in [0.1, 0.15) is 43.1 Å². The van der Waals surface area contributed by atoms with E-state index in [4.69, 9.17) is 0 Å². The molecule has 0 radical (unpaired) electrons. The number of benzene rings is 1. The van der Waals surface area contributed by atoms with E-state index in [0.717, 1.165) is 24.0 Å². The third-order valence-electron chi connectivity index (χ3n) is 4.53. The summed E-state index contributed by atoms with van der Waals surface area (Å²) < 4.78 is 0. The average Bonchev–Trinajstić information content (AvgIpc) is 2.59. The fourth-order valence-corrected chi connectivity index (χ4v) is 3.13. The van der Waals surface area contributed by atoms with Gasteiger partial charge in [-0.3, -0.25) is 9.78 Å². The maximum Gasteiger partial charge on any atom is 0.271 e. The molecular weight excluding hydrogens is 288 g/mol. The molecule has 1 N–H and O–H groups in total. The summed E-state index contributed by atoms with van der Waals surface area (Å²) in [5.41, 5.74) is 1.94. The van der Waals surface area contributed by atoms with Crippen molar-refractivity contribution in [3.05, 3.63) is 36.2 Å². The van der Waals surface area contributed by atoms with Gasteiger partial charge in [0.2, 0.25) is 0 Å². The van der Waals surface area contributed by atoms with Crippen LogP contribution in [-0.2, 0) is 0 Å². The number of carbonyl (C=O) groups is 1. The van der Waals surface area contributed by atoms with Crippen molar-refractivity contribution >= 4 is 16.9 Å². The van der Waals surface area contributed by atoms with Gasteiger partial charge in [0.1, 0.15) is 5.69 Å². The van der Waals surface area contributed by atoms with Gasteiger partial charge in [0.05, 0.1) is 17.2 Å². The molecule has 0 saturated carbocycles. The lowest BCUT2D eigenvalue weighted by Gasteiger charge is -2.33. The standard InChI is InChI=1S/C18H24N4O/c1-14-7-4-5-11-22(14)12-6-10-19-18(23)17-13-20-15-8-2-3-9-16(15)21-17/h2-3,8-9,13-14H,4-7,10-12H2,1H3,(H,19,23). The smallest absolute Gasteiger partial charge is 0.271 e. The number of rotatable bonds is 5. The predicted molar refractivity (Wildman–Crippen MR) is 91.4 cm³/mol. The highest BCUT2D eigenvalue weighted by molar-refractivity contribution is 5.93. The zero-order valence-electron chi connectivity index (χ0n) is 13.7. The first kappa shape index (κ1) is 15.9. The van der Waals surface area contributed by atoms with Crippen LogP contribution in [0.3, 0.4) is 0 Å². The molecule has 1 aromatic carbocycles. The van der Waals surface area contributed by atoms with E-state index in [1.165, 1.54) is 25.8 Å². The number of amides is 1. The normalized spacial score (nSPS) is 18.9. The molecule has 0 spiro atoms. The number of nitrogens with one attached hydrogen (secondary N) is 1. The van der Waals surface area contributed by atoms with Gasteiger partial charge in [-0.1, -0.05) is 18.6 Å². The van der Waals surface area contributed by atoms with Crippen LogP contribution in [0.5, 0.6) is 0 Å². The maximum atomic E-state index is 12.2. The lowest BCUT2D eigenvalue weighted by molar-refractivity contribution is 0.0944. The molecule has 1 aliphatic heterocycles. The lowest BCUT2D eigenvalue weighted by Crippen LogP contribution is -2.39. The first-order valence-electron chi connectivity index (χ1n) is 8.48. The molecule has 1 atom stereocenters. The Balaban J connectivity index is 1.48. The summed E-state index contributed by atoms with van der Waals surface area (Å²) in [4.78, 5) is 23.3. The van der Waals surface area contributed by atoms with Crippen molar-refractivity contribution in [1.29, 1.82) is 0 Å². The van der Waals surface area contributed by atoms with E-state index in [1.807, 2.05) is 24.3 Å². The van der Waals surface area contributed by atoms with Crippen LogP contribution in [0, 0.1) is 0 Å². The van der Waals surface area contributed by atoms with Crippen molar-refractivity contribution in [2.45, 2.75) is 38.6 Å². The number of nitrogens with zero attached hydrogens (tertiary/aromatic N) is 3. The highest BCUT2D eigenvalue weighted by Gasteiger charge is 2.17. The van der Waals surface area contributed by atoms with E-state index < -0.39 is 0 Å². The molecule has 1 fully saturated rings. The molecule has 0 aliphatic carbocycles. The number of likely N-dealkylation sites (tertiary alicyclic amines) is 1. The molecule has 1 unspecified atom stereocenters. The quantitative estimate of drug-likeness (QED) is 0.862. The minimum absolute atomic E-state index is 0.144. The van der Waals surface area contributed by atoms with Crippen molar-refractivity contribution in [2.75, 3.05) is 19.6 Å². The van der Waals surface area contributed by atoms with Gasteiger partial charge < -0.3 is 10.2 Å². The van der Waals surface area contributed by atoms with Gasteiger partial charge in [0, 0.05) is 19.1 Å². The van der Waals surface area contributed by atoms with E-state index in [-0.39, 0.29) is 5.91 Å². The van der Waals surface area contributed by atoms with Crippen LogP contribution >= 0.6 is 0 Å². The first-order chi connectivity index (χ1) is 11.2. The van der Waals surface area contributed by atoms with Gasteiger partial charge >= 0.3 is 0 Å². The molecule has 5 nitrogen and oxygen atoms in total. The lowest BCUT2D eigenvalue weighted by atomic mass is 10.0. The summed E-state index contributed by atoms with van der Waals surface area (Å²) in [6.45, 7) is 5.20. The number of carbonyl (C=O) groups excluding carboxylic acids is 1. The Morgan fingerprint density at radius 2 is 2.13 bits per heavy atom. The second-order valence-electron chi connectivity index (χ2n) is 6.23. The van der Waals surface area contributed by atoms with E-state index in [0.29, 0.717) is 18.3 Å². The average molecular weight is 312 g/mol. The highest BCUT2D eigenvalue weighted by Crippen LogP contribution is 2.16. The van der Waals surface area contributed by atoms with Crippen molar-refractivity contribution in [2.24, 2.45) is 0 Å². The van der Waals surface area contributed by atoms with Crippen LogP contribution < -0.4 is 5.32 Å². The molecule has 23 heavy (non-hydrogen) atoms. The number of hydrogen-bond acceptors (Lipinski definition) is 4. The molecule has 5 heteroatoms. The van der Waals surface area contributed by atoms with E-state index >= 15 is 0 Å². The van der Waals surface area contributed by atoms with Gasteiger partial charge in [-0.25, -0.2) is 4.98 Å². The van der Waals surface area contributed by atoms with E-state index in [2.05, 4.69) is 27.1 Å². The van der Waals surface area contributed by atoms with Crippen LogP contribution in [0.2, 0.25) is 0 Å². The minimum Gasteiger partial charge on any atom is -0.351 e. The van der Waals surface area contributed by atoms with Crippen LogP contribution in [0.4, 0.5) is 0 Å². The van der Waals surface area contributed by atoms with Gasteiger partial charge in [-0.2, -0.15) is 0 Å². The number of fused-ring (bicyclic) bond motifs is 1. The molecule has 1 amide bonds. The summed E-state index contributed by atoms with van der Waals surface area (Å²) in [6, 6.07) is 8.25. The van der Waals surface area contributed by atoms with E-state index in [1.54, 1.807) is 6.20 Å². The van der Waals surface area contributed by atoms with Gasteiger partial charge in [0.25, 0.3) is 5.91 Å². The largest absolute Gasteiger partial charge is 0.351 e. The summed E-state index contributed by atoms with van der Waals surface area (Å²) in [6.07, 6.45) is 6.44. The van der Waals surface area contributed by atoms with Crippen molar-refractivity contribution in [1.82, 2.24) is 20.2 Å². The Morgan fingerprint density at radius 1 is 1.30 bits per heavy atom. The van der Waals surface area contributed by atoms with Gasteiger partial charge in [-0.05, 0) is 44.9 Å². The number of piperidine rings is 1. The monoisotopic (exact) mass is 312 g/mol. The van der Waals surface area contributed by atoms with Crippen molar-refractivity contribution < 1.29 is 4.79 Å². The maximum absolute atomic E-state index is 12.2. The van der Waals surface area contributed by atoms with Crippen LogP contribution in [-0.4, -0.2) is 46.5 Å². The molecule has 1 saturated heterocycles. The van der Waals surface area contributed by atoms with Gasteiger partial charge in [0.15, 0.2) is 0 Å². The zero-order chi connectivity index (χ0) is 16.1. The van der Waals surface area contributed by atoms with E-state index in [9.17, 15) is 4.79 Å². The molecule has 2 heterocycles. The predicted octanol–water partition coefficient (Wildman–Crippen LogP) is 2.62. The molecular formula is C18H24N4O. The molecule has 0 bridgehead atoms. The van der Waals surface area contributed by atoms with Crippen molar-refractivity contribution in [3.8, 4) is 0 Å². The Bertz CT molecular complexity index is 673. The van der Waals surface area contributed by atoms with Crippen molar-refractivity contribution in [3.63, 3.8) is 0 Å². The Morgan fingerprint density at radius 3 is 2.96 bits per heavy atom. The fourth-order valence-electron chi connectivity index (χ4n) is 3.13. The number of para-hydroxylation sites is 2. The fraction of sp³-hybridized carbons (Fsp3) is 0.500. The topological polar surface area (TPSA) is 58.1 Å². The summed E-state index contributed by atoms with van der Waals surface area (Å²) in [5, 5.41) is 2.95. The molecule has 2 aromatic rings. The van der Waals surface area contributed by atoms with Gasteiger partial charge in [-0.15, -0.1) is 0 Å². The second-order valence-corrected chi connectivity index (χ2v) is 6.23. The number of hydrogen-bond donors (Lipinski definition) is 1. The summed E-state index contributed by atoms with van der Waals surface area (Å²) in [5.74, 6) is -0.144. The Labute approximate surface area is 137 Å². The molecule has 1 aliphatic rings.